The zero-order valence-corrected chi connectivity index (χ0v) is 22.2. The summed E-state index contributed by atoms with van der Waals surface area (Å²) in [5.74, 6) is -2.14. The molecule has 0 aromatic heterocycles. The maximum atomic E-state index is 13.3. The highest BCUT2D eigenvalue weighted by Gasteiger charge is 2.30. The quantitative estimate of drug-likeness (QED) is 0.284. The van der Waals surface area contributed by atoms with Crippen LogP contribution in [0.15, 0.2) is 78.9 Å². The van der Waals surface area contributed by atoms with Crippen molar-refractivity contribution < 1.29 is 33.8 Å². The highest BCUT2D eigenvalue weighted by Crippen LogP contribution is 2.26. The van der Waals surface area contributed by atoms with Crippen molar-refractivity contribution >= 4 is 41.2 Å². The van der Waals surface area contributed by atoms with Crippen molar-refractivity contribution in [3.8, 4) is 0 Å². The summed E-state index contributed by atoms with van der Waals surface area (Å²) in [5, 5.41) is 16.6. The largest absolute Gasteiger partial charge is 0.478 e. The summed E-state index contributed by atoms with van der Waals surface area (Å²) in [6.45, 7) is 0.566. The van der Waals surface area contributed by atoms with Crippen molar-refractivity contribution in [1.29, 1.82) is 0 Å². The molecule has 1 saturated heterocycles. The Hall–Kier alpha value is -5.19. The number of hydrogen-bond acceptors (Lipinski definition) is 6. The third kappa shape index (κ3) is 8.15. The number of ketones is 1. The zero-order valence-electron chi connectivity index (χ0n) is 22.2. The molecule has 11 heteroatoms. The standard InChI is InChI=1S/C30H30N4O7/c35-26(18-31-29(39)32-23-10-6-9-22(17-23)28(37)38)33-25-12-5-4-11-24(25)27(36)21-13-15-34(16-14-21)30(40)41-19-20-7-2-1-3-8-20/h1-12,17,21H,13-16,18-19H2,(H,33,35)(H,37,38)(H2,31,32,39). The van der Waals surface area contributed by atoms with E-state index in [9.17, 15) is 24.0 Å². The summed E-state index contributed by atoms with van der Waals surface area (Å²) in [6, 6.07) is 21.0. The number of piperidine rings is 1. The van der Waals surface area contributed by atoms with E-state index < -0.39 is 24.0 Å². The minimum absolute atomic E-state index is 0.00971. The van der Waals surface area contributed by atoms with Gasteiger partial charge in [0.15, 0.2) is 5.78 Å². The van der Waals surface area contributed by atoms with Crippen molar-refractivity contribution in [3.63, 3.8) is 0 Å². The van der Waals surface area contributed by atoms with Crippen LogP contribution in [0.5, 0.6) is 0 Å². The molecular formula is C30H30N4O7. The first kappa shape index (κ1) is 28.8. The Bertz CT molecular complexity index is 1420. The lowest BCUT2D eigenvalue weighted by Gasteiger charge is -2.31. The molecule has 4 amide bonds. The van der Waals surface area contributed by atoms with E-state index in [1.807, 2.05) is 30.3 Å². The minimum atomic E-state index is -1.13. The van der Waals surface area contributed by atoms with Gasteiger partial charge in [0.25, 0.3) is 0 Å². The summed E-state index contributed by atoms with van der Waals surface area (Å²) in [6.07, 6.45) is 0.511. The fraction of sp³-hybridized carbons (Fsp3) is 0.233. The average Bonchev–Trinajstić information content (AvgIpc) is 2.99. The number of carboxylic acids is 1. The number of nitrogens with zero attached hydrogens (tertiary/aromatic N) is 1. The average molecular weight is 559 g/mol. The molecule has 0 radical (unpaired) electrons. The van der Waals surface area contributed by atoms with Gasteiger partial charge in [-0.3, -0.25) is 9.59 Å². The number of anilines is 2. The van der Waals surface area contributed by atoms with Crippen molar-refractivity contribution in [3.05, 3.63) is 95.6 Å². The lowest BCUT2D eigenvalue weighted by molar-refractivity contribution is -0.115. The van der Waals surface area contributed by atoms with Crippen LogP contribution in [0.2, 0.25) is 0 Å². The van der Waals surface area contributed by atoms with E-state index in [0.29, 0.717) is 37.2 Å². The molecule has 4 rings (SSSR count). The molecular weight excluding hydrogens is 528 g/mol. The van der Waals surface area contributed by atoms with Gasteiger partial charge >= 0.3 is 18.1 Å². The first-order valence-corrected chi connectivity index (χ1v) is 13.1. The third-order valence-electron chi connectivity index (χ3n) is 6.57. The molecule has 1 aliphatic rings. The molecule has 1 heterocycles. The van der Waals surface area contributed by atoms with Gasteiger partial charge < -0.3 is 30.7 Å². The Labute approximate surface area is 236 Å². The number of rotatable bonds is 9. The molecule has 1 fully saturated rings. The van der Waals surface area contributed by atoms with Gasteiger partial charge in [0.2, 0.25) is 5.91 Å². The first-order chi connectivity index (χ1) is 19.8. The monoisotopic (exact) mass is 558 g/mol. The molecule has 0 aliphatic carbocycles. The Morgan fingerprint density at radius 2 is 1.56 bits per heavy atom. The Morgan fingerprint density at radius 3 is 2.29 bits per heavy atom. The summed E-state index contributed by atoms with van der Waals surface area (Å²) < 4.78 is 5.40. The number of aromatic carboxylic acids is 1. The molecule has 1 aliphatic heterocycles. The molecule has 0 spiro atoms. The van der Waals surface area contributed by atoms with Crippen molar-refractivity contribution in [2.45, 2.75) is 19.4 Å². The number of amides is 4. The highest BCUT2D eigenvalue weighted by molar-refractivity contribution is 6.06. The van der Waals surface area contributed by atoms with E-state index in [0.717, 1.165) is 5.56 Å². The number of para-hydroxylation sites is 1. The van der Waals surface area contributed by atoms with Crippen LogP contribution in [-0.4, -0.2) is 59.4 Å². The summed E-state index contributed by atoms with van der Waals surface area (Å²) >= 11 is 0. The number of urea groups is 1. The number of benzene rings is 3. The molecule has 0 bridgehead atoms. The van der Waals surface area contributed by atoms with E-state index in [1.54, 1.807) is 29.2 Å². The van der Waals surface area contributed by atoms with Crippen molar-refractivity contribution in [2.75, 3.05) is 30.3 Å². The van der Waals surface area contributed by atoms with Crippen LogP contribution in [0, 0.1) is 5.92 Å². The molecule has 212 valence electrons. The summed E-state index contributed by atoms with van der Waals surface area (Å²) in [7, 11) is 0. The topological polar surface area (TPSA) is 154 Å². The Kier molecular flexibility index (Phi) is 9.66. The van der Waals surface area contributed by atoms with E-state index in [1.165, 1.54) is 24.3 Å². The van der Waals surface area contributed by atoms with Gasteiger partial charge in [-0.25, -0.2) is 14.4 Å². The number of hydrogen-bond donors (Lipinski definition) is 4. The van der Waals surface area contributed by atoms with E-state index >= 15 is 0 Å². The van der Waals surface area contributed by atoms with Crippen LogP contribution in [0.3, 0.4) is 0 Å². The number of nitrogens with one attached hydrogen (secondary N) is 3. The molecule has 41 heavy (non-hydrogen) atoms. The van der Waals surface area contributed by atoms with Crippen LogP contribution >= 0.6 is 0 Å². The van der Waals surface area contributed by atoms with Crippen LogP contribution in [-0.2, 0) is 16.1 Å². The predicted molar refractivity (Wildman–Crippen MR) is 151 cm³/mol. The minimum Gasteiger partial charge on any atom is -0.478 e. The second-order valence-corrected chi connectivity index (χ2v) is 9.45. The van der Waals surface area contributed by atoms with Gasteiger partial charge in [0.1, 0.15) is 6.61 Å². The maximum Gasteiger partial charge on any atom is 0.410 e. The predicted octanol–water partition coefficient (Wildman–Crippen LogP) is 4.38. The smallest absolute Gasteiger partial charge is 0.410 e. The lowest BCUT2D eigenvalue weighted by Crippen LogP contribution is -2.40. The second-order valence-electron chi connectivity index (χ2n) is 9.45. The number of carbonyl (C=O) groups excluding carboxylic acids is 4. The normalized spacial score (nSPS) is 13.1. The lowest BCUT2D eigenvalue weighted by atomic mass is 9.88. The third-order valence-corrected chi connectivity index (χ3v) is 6.57. The van der Waals surface area contributed by atoms with E-state index in [-0.39, 0.29) is 36.1 Å². The summed E-state index contributed by atoms with van der Waals surface area (Å²) in [5.41, 5.74) is 1.83. The van der Waals surface area contributed by atoms with Gasteiger partial charge in [0.05, 0.1) is 17.8 Å². The molecule has 0 saturated carbocycles. The van der Waals surface area contributed by atoms with Gasteiger partial charge in [-0.2, -0.15) is 0 Å². The van der Waals surface area contributed by atoms with Crippen LogP contribution in [0.25, 0.3) is 0 Å². The number of ether oxygens (including phenoxy) is 1. The van der Waals surface area contributed by atoms with Gasteiger partial charge in [-0.05, 0) is 48.7 Å². The Morgan fingerprint density at radius 1 is 0.854 bits per heavy atom. The zero-order chi connectivity index (χ0) is 29.2. The second kappa shape index (κ2) is 13.7. The number of carboxylic acid groups (broad SMARTS) is 1. The number of likely N-dealkylation sites (tertiary alicyclic amines) is 1. The first-order valence-electron chi connectivity index (χ1n) is 13.1. The maximum absolute atomic E-state index is 13.3. The highest BCUT2D eigenvalue weighted by atomic mass is 16.6. The van der Waals surface area contributed by atoms with Gasteiger partial charge in [-0.15, -0.1) is 0 Å². The number of carbonyl (C=O) groups is 5. The molecule has 3 aromatic carbocycles. The fourth-order valence-electron chi connectivity index (χ4n) is 4.42. The molecule has 0 unspecified atom stereocenters. The molecule has 3 aromatic rings. The van der Waals surface area contributed by atoms with Gasteiger partial charge in [-0.1, -0.05) is 48.5 Å². The number of Topliss-reactive ketones (excluding diaryl/α,β-unsaturated/α-hetero) is 1. The van der Waals surface area contributed by atoms with Gasteiger partial charge in [0, 0.05) is 30.3 Å². The van der Waals surface area contributed by atoms with Crippen molar-refractivity contribution in [2.24, 2.45) is 5.92 Å². The molecule has 4 N–H and O–H groups in total. The van der Waals surface area contributed by atoms with E-state index in [2.05, 4.69) is 16.0 Å². The van der Waals surface area contributed by atoms with Crippen LogP contribution in [0.1, 0.15) is 39.1 Å². The molecule has 0 atom stereocenters. The summed E-state index contributed by atoms with van der Waals surface area (Å²) in [4.78, 5) is 63.2. The van der Waals surface area contributed by atoms with Crippen LogP contribution in [0.4, 0.5) is 21.0 Å². The SMILES string of the molecule is O=C(CNC(=O)Nc1cccc(C(=O)O)c1)Nc1ccccc1C(=O)C1CCN(C(=O)OCc2ccccc2)CC1. The van der Waals surface area contributed by atoms with Crippen LogP contribution < -0.4 is 16.0 Å². The van der Waals surface area contributed by atoms with Crippen molar-refractivity contribution in [1.82, 2.24) is 10.2 Å². The fourth-order valence-corrected chi connectivity index (χ4v) is 4.42. The Balaban J connectivity index is 1.26. The van der Waals surface area contributed by atoms with E-state index in [4.69, 9.17) is 9.84 Å². The molecule has 11 nitrogen and oxygen atoms in total.